The predicted molar refractivity (Wildman–Crippen MR) is 144 cm³/mol. The number of para-hydroxylation sites is 1. The van der Waals surface area contributed by atoms with Crippen molar-refractivity contribution in [1.82, 2.24) is 29.7 Å². The number of anilines is 1. The van der Waals surface area contributed by atoms with Crippen LogP contribution in [0.2, 0.25) is 0 Å². The fraction of sp³-hybridized carbons (Fsp3) is 0.462. The van der Waals surface area contributed by atoms with E-state index < -0.39 is 18.0 Å². The van der Waals surface area contributed by atoms with Gasteiger partial charge in [0.05, 0.1) is 24.8 Å². The number of ether oxygens (including phenoxy) is 3. The number of piperazine rings is 1. The first-order valence-electron chi connectivity index (χ1n) is 13.1. The lowest BCUT2D eigenvalue weighted by atomic mass is 9.97. The highest BCUT2D eigenvalue weighted by Gasteiger charge is 2.34. The molecule has 5 rings (SSSR count). The quantitative estimate of drug-likeness (QED) is 0.396. The van der Waals surface area contributed by atoms with E-state index in [0.29, 0.717) is 63.8 Å². The second-order valence-corrected chi connectivity index (χ2v) is 10.5. The van der Waals surface area contributed by atoms with E-state index in [-0.39, 0.29) is 29.4 Å². The number of likely N-dealkylation sites (tertiary alicyclic amines) is 1. The zero-order valence-corrected chi connectivity index (χ0v) is 23.7. The second kappa shape index (κ2) is 12.3. The Morgan fingerprint density at radius 2 is 1.48 bits per heavy atom. The van der Waals surface area contributed by atoms with Crippen LogP contribution in [0, 0.1) is 0 Å². The molecule has 0 N–H and O–H groups in total. The maximum absolute atomic E-state index is 13.2. The van der Waals surface area contributed by atoms with Gasteiger partial charge in [-0.1, -0.05) is 12.1 Å². The maximum atomic E-state index is 13.2. The van der Waals surface area contributed by atoms with Crippen LogP contribution >= 0.6 is 11.3 Å². The van der Waals surface area contributed by atoms with E-state index in [1.807, 2.05) is 4.90 Å². The van der Waals surface area contributed by atoms with Gasteiger partial charge in [-0.25, -0.2) is 4.98 Å². The smallest absolute Gasteiger partial charge is 0.467 e. The Bertz CT molecular complexity index is 1400. The molecule has 2 saturated heterocycles. The van der Waals surface area contributed by atoms with Crippen molar-refractivity contribution in [1.29, 1.82) is 0 Å². The lowest BCUT2D eigenvalue weighted by Gasteiger charge is -2.34. The molecule has 0 bridgehead atoms. The van der Waals surface area contributed by atoms with Crippen LogP contribution in [0.25, 0.3) is 0 Å². The van der Waals surface area contributed by atoms with Crippen LogP contribution in [-0.2, 0) is 0 Å². The van der Waals surface area contributed by atoms with Gasteiger partial charge < -0.3 is 28.9 Å². The largest absolute Gasteiger partial charge is 0.573 e. The van der Waals surface area contributed by atoms with Crippen molar-refractivity contribution in [3.63, 3.8) is 0 Å². The third kappa shape index (κ3) is 6.64. The number of halogens is 3. The summed E-state index contributed by atoms with van der Waals surface area (Å²) in [6.45, 7) is 2.60. The fourth-order valence-corrected chi connectivity index (χ4v) is 5.82. The summed E-state index contributed by atoms with van der Waals surface area (Å²) >= 11 is 1.40. The normalized spacial score (nSPS) is 16.4. The number of aromatic nitrogens is 4. The molecule has 1 aromatic carbocycles. The Balaban J connectivity index is 1.16. The molecule has 0 saturated carbocycles. The molecule has 0 radical (unpaired) electrons. The molecule has 4 heterocycles. The van der Waals surface area contributed by atoms with Gasteiger partial charge in [0.1, 0.15) is 11.4 Å². The number of nitrogens with zero attached hydrogens (tertiary/aromatic N) is 7. The van der Waals surface area contributed by atoms with Crippen LogP contribution in [0.1, 0.15) is 44.6 Å². The van der Waals surface area contributed by atoms with Crippen LogP contribution in [0.4, 0.5) is 19.1 Å². The summed E-state index contributed by atoms with van der Waals surface area (Å²) in [5, 5.41) is 2.54. The van der Waals surface area contributed by atoms with Crippen LogP contribution in [0.15, 0.2) is 29.6 Å². The third-order valence-corrected chi connectivity index (χ3v) is 8.02. The number of thiazole rings is 1. The Morgan fingerprint density at radius 3 is 2.10 bits per heavy atom. The molecule has 2 amide bonds. The number of amides is 2. The highest BCUT2D eigenvalue weighted by Crippen LogP contribution is 2.33. The summed E-state index contributed by atoms with van der Waals surface area (Å²) in [5.74, 6) is -0.766. The molecule has 42 heavy (non-hydrogen) atoms. The Kier molecular flexibility index (Phi) is 8.61. The van der Waals surface area contributed by atoms with E-state index in [2.05, 4.69) is 24.7 Å². The predicted octanol–water partition coefficient (Wildman–Crippen LogP) is 3.23. The minimum Gasteiger partial charge on any atom is -0.467 e. The molecule has 0 unspecified atom stereocenters. The lowest BCUT2D eigenvalue weighted by molar-refractivity contribution is -0.274. The van der Waals surface area contributed by atoms with Crippen LogP contribution in [0.3, 0.4) is 0 Å². The number of carbonyl (C=O) groups excluding carboxylic acids is 2. The van der Waals surface area contributed by atoms with E-state index in [0.717, 1.165) is 11.1 Å². The number of carbonyl (C=O) groups is 2. The van der Waals surface area contributed by atoms with Gasteiger partial charge in [-0.2, -0.15) is 9.97 Å². The minimum absolute atomic E-state index is 0.0351. The van der Waals surface area contributed by atoms with Gasteiger partial charge in [0.2, 0.25) is 5.95 Å². The summed E-state index contributed by atoms with van der Waals surface area (Å²) < 4.78 is 52.6. The summed E-state index contributed by atoms with van der Waals surface area (Å²) in [7, 11) is 2.91. The fourth-order valence-electron chi connectivity index (χ4n) is 4.85. The van der Waals surface area contributed by atoms with E-state index in [1.54, 1.807) is 10.3 Å². The molecule has 0 spiro atoms. The van der Waals surface area contributed by atoms with Crippen LogP contribution in [0.5, 0.6) is 17.8 Å². The van der Waals surface area contributed by atoms with Gasteiger partial charge in [-0.3, -0.25) is 9.59 Å². The Labute approximate surface area is 243 Å². The molecule has 3 aromatic rings. The molecule has 12 nitrogen and oxygen atoms in total. The van der Waals surface area contributed by atoms with E-state index in [4.69, 9.17) is 9.47 Å². The van der Waals surface area contributed by atoms with Crippen molar-refractivity contribution in [2.75, 3.05) is 58.4 Å². The molecular formula is C26H28F3N7O5S. The number of piperidine rings is 1. The highest BCUT2D eigenvalue weighted by molar-refractivity contribution is 7.09. The molecule has 2 aliphatic heterocycles. The van der Waals surface area contributed by atoms with Gasteiger partial charge in [0, 0.05) is 50.6 Å². The number of rotatable bonds is 7. The van der Waals surface area contributed by atoms with Crippen LogP contribution in [-0.4, -0.2) is 101 Å². The molecule has 0 atom stereocenters. The SMILES string of the molecule is COc1nc(OC)nc(N2CCN(C(=O)c3csc(C4CCN(C(=O)c5ccccc5OC(F)(F)F)CC4)n3)CC2)n1. The average Bonchev–Trinajstić information content (AvgIpc) is 3.50. The number of hydrogen-bond acceptors (Lipinski definition) is 11. The first-order chi connectivity index (χ1) is 20.1. The van der Waals surface area contributed by atoms with Crippen molar-refractivity contribution < 1.29 is 37.0 Å². The first kappa shape index (κ1) is 29.3. The van der Waals surface area contributed by atoms with Crippen molar-refractivity contribution in [2.45, 2.75) is 25.1 Å². The average molecular weight is 608 g/mol. The standard InChI is InChI=1S/C26H28F3N7O5S/c1-39-24-31-23(32-25(33-24)40-2)36-13-11-35(12-14-36)22(38)18-15-42-20(30-18)16-7-9-34(10-8-16)21(37)17-5-3-4-6-19(17)41-26(27,28)29/h3-6,15-16H,7-14H2,1-2H3. The topological polar surface area (TPSA) is 123 Å². The van der Waals surface area contributed by atoms with E-state index in [1.165, 1.54) is 48.7 Å². The van der Waals surface area contributed by atoms with Crippen molar-refractivity contribution in [2.24, 2.45) is 0 Å². The Morgan fingerprint density at radius 1 is 0.857 bits per heavy atom. The van der Waals surface area contributed by atoms with Crippen molar-refractivity contribution >= 4 is 29.1 Å². The number of hydrogen-bond donors (Lipinski definition) is 0. The number of alkyl halides is 3. The summed E-state index contributed by atoms with van der Waals surface area (Å²) in [6.07, 6.45) is -3.74. The first-order valence-corrected chi connectivity index (χ1v) is 14.0. The molecule has 2 aromatic heterocycles. The van der Waals surface area contributed by atoms with Gasteiger partial charge in [-0.05, 0) is 25.0 Å². The van der Waals surface area contributed by atoms with Crippen molar-refractivity contribution in [3.05, 3.63) is 45.9 Å². The van der Waals surface area contributed by atoms with Crippen molar-refractivity contribution in [3.8, 4) is 17.8 Å². The van der Waals surface area contributed by atoms with Gasteiger partial charge >= 0.3 is 18.4 Å². The molecule has 2 fully saturated rings. The molecule has 16 heteroatoms. The zero-order valence-electron chi connectivity index (χ0n) is 22.8. The summed E-state index contributed by atoms with van der Waals surface area (Å²) in [4.78, 5) is 48.5. The van der Waals surface area contributed by atoms with Gasteiger partial charge in [-0.15, -0.1) is 29.5 Å². The highest BCUT2D eigenvalue weighted by atomic mass is 32.1. The van der Waals surface area contributed by atoms with Gasteiger partial charge in [0.25, 0.3) is 11.8 Å². The van der Waals surface area contributed by atoms with Crippen LogP contribution < -0.4 is 19.1 Å². The minimum atomic E-state index is -4.90. The molecule has 224 valence electrons. The maximum Gasteiger partial charge on any atom is 0.573 e. The molecular weight excluding hydrogens is 579 g/mol. The third-order valence-electron chi connectivity index (χ3n) is 7.01. The second-order valence-electron chi connectivity index (χ2n) is 9.57. The molecule has 0 aliphatic carbocycles. The number of benzene rings is 1. The molecule has 2 aliphatic rings. The van der Waals surface area contributed by atoms with Gasteiger partial charge in [0.15, 0.2) is 0 Å². The number of methoxy groups -OCH3 is 2. The summed E-state index contributed by atoms with van der Waals surface area (Å²) in [6, 6.07) is 5.62. The Hall–Kier alpha value is -4.21. The van der Waals surface area contributed by atoms with E-state index >= 15 is 0 Å². The summed E-state index contributed by atoms with van der Waals surface area (Å²) in [5.41, 5.74) is 0.230. The monoisotopic (exact) mass is 607 g/mol. The lowest BCUT2D eigenvalue weighted by Crippen LogP contribution is -2.49. The van der Waals surface area contributed by atoms with E-state index in [9.17, 15) is 22.8 Å². The zero-order chi connectivity index (χ0) is 29.9.